The minimum Gasteiger partial charge on any atom is -0.224 e. The molecule has 0 aromatic heterocycles. The van der Waals surface area contributed by atoms with E-state index in [1.807, 2.05) is 6.92 Å². The first-order valence-corrected chi connectivity index (χ1v) is 7.81. The third-order valence-corrected chi connectivity index (χ3v) is 3.80. The van der Waals surface area contributed by atoms with E-state index >= 15 is 0 Å². The molecule has 0 aliphatic heterocycles. The number of hydrogen-bond donors (Lipinski definition) is 0. The molecular formula is C15H24O2S. The van der Waals surface area contributed by atoms with Crippen molar-refractivity contribution in [1.29, 1.82) is 0 Å². The summed E-state index contributed by atoms with van der Waals surface area (Å²) in [6, 6.07) is 0. The standard InChI is InChI=1S/C15H24O2S/c1-6-14(4)12-18(16,17)11-10-15(5)9-7-8-13(2)3/h6,8,10,12H,1,7,9,11H2,2-5H3/b14-12+,15-10+. The summed E-state index contributed by atoms with van der Waals surface area (Å²) in [5, 5.41) is 1.28. The minimum atomic E-state index is -3.15. The molecule has 0 fully saturated rings. The number of allylic oxidation sites excluding steroid dienone is 5. The summed E-state index contributed by atoms with van der Waals surface area (Å²) in [7, 11) is -3.15. The molecule has 0 aliphatic carbocycles. The van der Waals surface area contributed by atoms with Gasteiger partial charge in [-0.05, 0) is 46.1 Å². The molecule has 3 heteroatoms. The molecular weight excluding hydrogens is 244 g/mol. The normalized spacial score (nSPS) is 13.3. The maximum Gasteiger partial charge on any atom is 0.175 e. The Bertz CT molecular complexity index is 459. The van der Waals surface area contributed by atoms with Crippen molar-refractivity contribution in [1.82, 2.24) is 0 Å². The van der Waals surface area contributed by atoms with Crippen LogP contribution in [0.15, 0.2) is 46.9 Å². The van der Waals surface area contributed by atoms with Gasteiger partial charge in [-0.15, -0.1) is 0 Å². The van der Waals surface area contributed by atoms with E-state index in [-0.39, 0.29) is 5.75 Å². The average molecular weight is 268 g/mol. The first-order valence-electron chi connectivity index (χ1n) is 6.09. The van der Waals surface area contributed by atoms with Crippen LogP contribution in [0.3, 0.4) is 0 Å². The zero-order chi connectivity index (χ0) is 14.2. The molecule has 0 rings (SSSR count). The Kier molecular flexibility index (Phi) is 7.60. The molecule has 0 bridgehead atoms. The zero-order valence-electron chi connectivity index (χ0n) is 11.9. The minimum absolute atomic E-state index is 0.0683. The van der Waals surface area contributed by atoms with E-state index in [9.17, 15) is 8.42 Å². The zero-order valence-corrected chi connectivity index (χ0v) is 12.7. The molecule has 0 heterocycles. The Morgan fingerprint density at radius 2 is 1.72 bits per heavy atom. The smallest absolute Gasteiger partial charge is 0.175 e. The average Bonchev–Trinajstić information content (AvgIpc) is 2.25. The fraction of sp³-hybridized carbons (Fsp3) is 0.467. The Morgan fingerprint density at radius 1 is 1.11 bits per heavy atom. The molecule has 0 spiro atoms. The maximum absolute atomic E-state index is 11.7. The van der Waals surface area contributed by atoms with Gasteiger partial charge < -0.3 is 0 Å². The lowest BCUT2D eigenvalue weighted by Crippen LogP contribution is -2.00. The van der Waals surface area contributed by atoms with Crippen molar-refractivity contribution in [3.05, 3.63) is 46.9 Å². The van der Waals surface area contributed by atoms with E-state index in [1.165, 1.54) is 11.0 Å². The summed E-state index contributed by atoms with van der Waals surface area (Å²) >= 11 is 0. The van der Waals surface area contributed by atoms with Crippen LogP contribution in [0, 0.1) is 0 Å². The molecule has 0 aromatic carbocycles. The maximum atomic E-state index is 11.7. The fourth-order valence-corrected chi connectivity index (χ4v) is 2.60. The van der Waals surface area contributed by atoms with Gasteiger partial charge in [0.15, 0.2) is 9.84 Å². The Balaban J connectivity index is 4.46. The van der Waals surface area contributed by atoms with Gasteiger partial charge in [0.2, 0.25) is 0 Å². The molecule has 0 aliphatic rings. The van der Waals surface area contributed by atoms with Crippen molar-refractivity contribution < 1.29 is 8.42 Å². The second-order valence-electron chi connectivity index (χ2n) is 4.77. The molecule has 0 saturated heterocycles. The molecule has 0 aromatic rings. The molecule has 0 N–H and O–H groups in total. The first kappa shape index (κ1) is 16.9. The quantitative estimate of drug-likeness (QED) is 0.512. The second-order valence-corrected chi connectivity index (χ2v) is 6.66. The van der Waals surface area contributed by atoms with E-state index in [2.05, 4.69) is 26.5 Å². The predicted octanol–water partition coefficient (Wildman–Crippen LogP) is 4.18. The summed E-state index contributed by atoms with van der Waals surface area (Å²) in [5.41, 5.74) is 3.08. The van der Waals surface area contributed by atoms with Crippen LogP contribution in [0.25, 0.3) is 0 Å². The van der Waals surface area contributed by atoms with E-state index in [0.29, 0.717) is 5.57 Å². The van der Waals surface area contributed by atoms with Gasteiger partial charge in [0, 0.05) is 5.41 Å². The van der Waals surface area contributed by atoms with E-state index in [1.54, 1.807) is 19.1 Å². The van der Waals surface area contributed by atoms with Crippen molar-refractivity contribution in [2.75, 3.05) is 5.75 Å². The van der Waals surface area contributed by atoms with Crippen molar-refractivity contribution in [2.45, 2.75) is 40.5 Å². The van der Waals surface area contributed by atoms with Crippen LogP contribution in [-0.2, 0) is 9.84 Å². The number of hydrogen-bond acceptors (Lipinski definition) is 2. The topological polar surface area (TPSA) is 34.1 Å². The number of rotatable bonds is 7. The van der Waals surface area contributed by atoms with Crippen LogP contribution in [0.5, 0.6) is 0 Å². The summed E-state index contributed by atoms with van der Waals surface area (Å²) in [4.78, 5) is 0. The lowest BCUT2D eigenvalue weighted by atomic mass is 10.1. The van der Waals surface area contributed by atoms with Gasteiger partial charge in [0.05, 0.1) is 5.75 Å². The summed E-state index contributed by atoms with van der Waals surface area (Å²) in [6.07, 6.45) is 7.37. The summed E-state index contributed by atoms with van der Waals surface area (Å²) in [6.45, 7) is 11.4. The summed E-state index contributed by atoms with van der Waals surface area (Å²) < 4.78 is 23.4. The van der Waals surface area contributed by atoms with Crippen LogP contribution in [0.2, 0.25) is 0 Å². The van der Waals surface area contributed by atoms with E-state index in [0.717, 1.165) is 18.4 Å². The van der Waals surface area contributed by atoms with Gasteiger partial charge in [0.1, 0.15) is 0 Å². The van der Waals surface area contributed by atoms with Gasteiger partial charge in [-0.2, -0.15) is 0 Å². The highest BCUT2D eigenvalue weighted by Crippen LogP contribution is 2.08. The largest absolute Gasteiger partial charge is 0.224 e. The molecule has 18 heavy (non-hydrogen) atoms. The Morgan fingerprint density at radius 3 is 2.22 bits per heavy atom. The molecule has 0 atom stereocenters. The second kappa shape index (κ2) is 8.09. The van der Waals surface area contributed by atoms with Crippen molar-refractivity contribution in [3.8, 4) is 0 Å². The monoisotopic (exact) mass is 268 g/mol. The van der Waals surface area contributed by atoms with Crippen molar-refractivity contribution >= 4 is 9.84 Å². The molecule has 0 amide bonds. The SMILES string of the molecule is C=C/C(C)=C/S(=O)(=O)C/C=C(\C)CCC=C(C)C. The third-order valence-electron chi connectivity index (χ3n) is 2.44. The lowest BCUT2D eigenvalue weighted by molar-refractivity contribution is 0.607. The van der Waals surface area contributed by atoms with Gasteiger partial charge in [-0.3, -0.25) is 0 Å². The van der Waals surface area contributed by atoms with Crippen molar-refractivity contribution in [3.63, 3.8) is 0 Å². The predicted molar refractivity (Wildman–Crippen MR) is 80.2 cm³/mol. The summed E-state index contributed by atoms with van der Waals surface area (Å²) in [5.74, 6) is 0.0683. The van der Waals surface area contributed by atoms with E-state index in [4.69, 9.17) is 0 Å². The third kappa shape index (κ3) is 8.99. The number of sulfone groups is 1. The first-order chi connectivity index (χ1) is 8.26. The Labute approximate surface area is 112 Å². The highest BCUT2D eigenvalue weighted by Gasteiger charge is 2.04. The van der Waals surface area contributed by atoms with Crippen LogP contribution < -0.4 is 0 Å². The highest BCUT2D eigenvalue weighted by molar-refractivity contribution is 7.94. The van der Waals surface area contributed by atoms with Crippen LogP contribution in [-0.4, -0.2) is 14.2 Å². The molecule has 0 radical (unpaired) electrons. The molecule has 0 saturated carbocycles. The van der Waals surface area contributed by atoms with Gasteiger partial charge in [-0.25, -0.2) is 8.42 Å². The Hall–Kier alpha value is -1.09. The lowest BCUT2D eigenvalue weighted by Gasteiger charge is -2.00. The van der Waals surface area contributed by atoms with Crippen LogP contribution in [0.4, 0.5) is 0 Å². The van der Waals surface area contributed by atoms with Gasteiger partial charge in [-0.1, -0.05) is 36.0 Å². The van der Waals surface area contributed by atoms with Crippen LogP contribution in [0.1, 0.15) is 40.5 Å². The van der Waals surface area contributed by atoms with Crippen LogP contribution >= 0.6 is 0 Å². The van der Waals surface area contributed by atoms with Gasteiger partial charge in [0.25, 0.3) is 0 Å². The van der Waals surface area contributed by atoms with E-state index < -0.39 is 9.84 Å². The fourth-order valence-electron chi connectivity index (χ4n) is 1.33. The molecule has 0 unspecified atom stereocenters. The highest BCUT2D eigenvalue weighted by atomic mass is 32.2. The molecule has 102 valence electrons. The van der Waals surface area contributed by atoms with Gasteiger partial charge >= 0.3 is 0 Å². The molecule has 2 nitrogen and oxygen atoms in total. The van der Waals surface area contributed by atoms with Crippen molar-refractivity contribution in [2.24, 2.45) is 0 Å².